The molecule has 0 radical (unpaired) electrons. The zero-order valence-corrected chi connectivity index (χ0v) is 24.9. The van der Waals surface area contributed by atoms with Gasteiger partial charge in [-0.05, 0) is 32.1 Å². The van der Waals surface area contributed by atoms with Gasteiger partial charge in [-0.3, -0.25) is 33.5 Å². The summed E-state index contributed by atoms with van der Waals surface area (Å²) in [6.07, 6.45) is 1.34. The lowest BCUT2D eigenvalue weighted by Crippen LogP contribution is -2.53. The minimum absolute atomic E-state index is 0.0544. The fourth-order valence-electron chi connectivity index (χ4n) is 3.20. The molecule has 43 heavy (non-hydrogen) atoms. The Morgan fingerprint density at radius 2 is 1.37 bits per heavy atom. The highest BCUT2D eigenvalue weighted by atomic mass is 31.2. The largest absolute Gasteiger partial charge is 0.480 e. The number of carbonyl (C=O) groups excluding carboxylic acids is 5. The van der Waals surface area contributed by atoms with Crippen LogP contribution in [-0.2, 0) is 37.9 Å². The molecule has 0 heterocycles. The highest BCUT2D eigenvalue weighted by Gasteiger charge is 2.25. The molecular weight excluding hydrogens is 597 g/mol. The number of nitrogens with one attached hydrogen (secondary N) is 6. The zero-order chi connectivity index (χ0) is 33.0. The van der Waals surface area contributed by atoms with E-state index in [-0.39, 0.29) is 31.3 Å². The third-order valence-corrected chi connectivity index (χ3v) is 5.89. The molecule has 0 saturated heterocycles. The average Bonchev–Trinajstić information content (AvgIpc) is 2.92. The van der Waals surface area contributed by atoms with Crippen molar-refractivity contribution in [3.05, 3.63) is 0 Å². The van der Waals surface area contributed by atoms with Crippen molar-refractivity contribution in [3.63, 3.8) is 0 Å². The maximum atomic E-state index is 12.8. The molecule has 21 heteroatoms. The molecule has 0 aromatic heterocycles. The Bertz CT molecular complexity index is 1040. The molecule has 0 fully saturated rings. The second-order valence-electron chi connectivity index (χ2n) is 9.06. The molecule has 3 atom stereocenters. The molecule has 0 spiro atoms. The van der Waals surface area contributed by atoms with Crippen LogP contribution in [-0.4, -0.2) is 114 Å². The number of carbonyl (C=O) groups is 6. The molecule has 5 amide bonds. The minimum atomic E-state index is -4.86. The minimum Gasteiger partial charge on any atom is -0.480 e. The summed E-state index contributed by atoms with van der Waals surface area (Å²) in [4.78, 5) is 93.0. The third kappa shape index (κ3) is 20.6. The van der Waals surface area contributed by atoms with Crippen LogP contribution < -0.4 is 43.4 Å². The van der Waals surface area contributed by atoms with E-state index < -0.39 is 75.2 Å². The molecule has 0 saturated carbocycles. The lowest BCUT2D eigenvalue weighted by Gasteiger charge is -2.20. The van der Waals surface area contributed by atoms with Gasteiger partial charge >= 0.3 is 13.8 Å². The summed E-state index contributed by atoms with van der Waals surface area (Å²) in [5.41, 5.74) is 11.0. The molecule has 0 aliphatic heterocycles. The Morgan fingerprint density at radius 3 is 1.91 bits per heavy atom. The molecule has 13 N–H and O–H groups in total. The molecular formula is C22H42N9O11P. The molecule has 0 aromatic carbocycles. The summed E-state index contributed by atoms with van der Waals surface area (Å²) < 4.78 is 14.9. The van der Waals surface area contributed by atoms with Crippen molar-refractivity contribution in [3.8, 4) is 0 Å². The first-order valence-electron chi connectivity index (χ1n) is 13.1. The number of hydrogen-bond acceptors (Lipinski definition) is 10. The lowest BCUT2D eigenvalue weighted by molar-refractivity contribution is -0.142. The zero-order valence-electron chi connectivity index (χ0n) is 24.0. The van der Waals surface area contributed by atoms with Crippen molar-refractivity contribution < 1.29 is 52.7 Å². The van der Waals surface area contributed by atoms with E-state index in [4.69, 9.17) is 21.3 Å². The molecule has 0 bridgehead atoms. The van der Waals surface area contributed by atoms with Gasteiger partial charge in [0.25, 0.3) is 0 Å². The van der Waals surface area contributed by atoms with Gasteiger partial charge in [0.1, 0.15) is 18.1 Å². The number of aliphatic carboxylic acids is 1. The van der Waals surface area contributed by atoms with E-state index >= 15 is 0 Å². The quantitative estimate of drug-likeness (QED) is 0.0243. The Balaban J connectivity index is 5.01. The van der Waals surface area contributed by atoms with Crippen LogP contribution in [0.5, 0.6) is 0 Å². The summed E-state index contributed by atoms with van der Waals surface area (Å²) in [5.74, 6) is -4.70. The van der Waals surface area contributed by atoms with Crippen LogP contribution in [0.15, 0.2) is 4.99 Å². The normalized spacial score (nSPS) is 13.6. The number of nitrogens with two attached hydrogens (primary N) is 2. The highest BCUT2D eigenvalue weighted by molar-refractivity contribution is 7.46. The van der Waals surface area contributed by atoms with E-state index in [2.05, 4.69) is 41.4 Å². The van der Waals surface area contributed by atoms with Gasteiger partial charge in [0.05, 0.1) is 19.7 Å². The van der Waals surface area contributed by atoms with Gasteiger partial charge in [0.15, 0.2) is 5.96 Å². The number of nitrogens with zero attached hydrogens (tertiary/aromatic N) is 1. The van der Waals surface area contributed by atoms with E-state index in [1.165, 1.54) is 14.0 Å². The standard InChI is InChI=1S/C22H42N9O11P/c1-13(32)26-8-4-3-6-16(21(37)38)31-18(34)11-29-20(36)15(7-5-9-27-22(24)25-2)30-17(33)10-28-19(35)14(23)12-42-43(39,40)41/h14-16H,3-12,23H2,1-2H3,(H,26,32)(H,28,35)(H,29,36)(H,30,33)(H,31,34)(H,37,38)(H3,24,25,27)(H2,39,40,41)/t14-,15-,16-/m0/s1. The maximum absolute atomic E-state index is 12.8. The van der Waals surface area contributed by atoms with Crippen molar-refractivity contribution in [2.75, 3.05) is 39.8 Å². The molecule has 20 nitrogen and oxygen atoms in total. The Labute approximate surface area is 247 Å². The first-order valence-corrected chi connectivity index (χ1v) is 14.6. The number of guanidine groups is 1. The summed E-state index contributed by atoms with van der Waals surface area (Å²) in [6, 6.07) is -3.91. The van der Waals surface area contributed by atoms with Crippen LogP contribution in [0.2, 0.25) is 0 Å². The van der Waals surface area contributed by atoms with Crippen molar-refractivity contribution >= 4 is 49.3 Å². The van der Waals surface area contributed by atoms with Crippen LogP contribution in [0, 0.1) is 0 Å². The summed E-state index contributed by atoms with van der Waals surface area (Å²) in [5, 5.41) is 23.9. The predicted octanol–water partition coefficient (Wildman–Crippen LogP) is -4.67. The van der Waals surface area contributed by atoms with E-state index in [9.17, 15) is 38.4 Å². The molecule has 246 valence electrons. The number of rotatable bonds is 21. The van der Waals surface area contributed by atoms with E-state index in [1.54, 1.807) is 0 Å². The number of carboxylic acid groups (broad SMARTS) is 1. The van der Waals surface area contributed by atoms with Crippen LogP contribution in [0.1, 0.15) is 39.0 Å². The molecule has 0 aromatic rings. The Morgan fingerprint density at radius 1 is 0.837 bits per heavy atom. The molecule has 0 rings (SSSR count). The number of carboxylic acids is 1. The predicted molar refractivity (Wildman–Crippen MR) is 151 cm³/mol. The lowest BCUT2D eigenvalue weighted by atomic mass is 10.1. The fraction of sp³-hybridized carbons (Fsp3) is 0.682. The van der Waals surface area contributed by atoms with Crippen molar-refractivity contribution in [1.29, 1.82) is 0 Å². The van der Waals surface area contributed by atoms with E-state index in [0.717, 1.165) is 0 Å². The van der Waals surface area contributed by atoms with Crippen molar-refractivity contribution in [2.45, 2.75) is 57.2 Å². The monoisotopic (exact) mass is 639 g/mol. The van der Waals surface area contributed by atoms with Gasteiger partial charge in [-0.2, -0.15) is 0 Å². The number of aliphatic imine (C=N–C) groups is 1. The SMILES string of the molecule is CN=C(N)NCCC[C@H](NC(=O)CNC(=O)[C@@H](N)COP(=O)(O)O)C(=O)NCC(=O)N[C@@H](CCCCNC(C)=O)C(=O)O. The smallest absolute Gasteiger partial charge is 0.469 e. The number of unbranched alkanes of at least 4 members (excludes halogenated alkanes) is 1. The molecule has 0 aliphatic rings. The number of phosphoric ester groups is 1. The maximum Gasteiger partial charge on any atom is 0.469 e. The summed E-state index contributed by atoms with van der Waals surface area (Å²) in [6.45, 7) is -0.0845. The van der Waals surface area contributed by atoms with Gasteiger partial charge in [0, 0.05) is 27.1 Å². The Hall–Kier alpha value is -3.84. The van der Waals surface area contributed by atoms with Gasteiger partial charge in [-0.25, -0.2) is 9.36 Å². The number of phosphoric acid groups is 1. The summed E-state index contributed by atoms with van der Waals surface area (Å²) in [7, 11) is -3.40. The summed E-state index contributed by atoms with van der Waals surface area (Å²) >= 11 is 0. The first-order chi connectivity index (χ1) is 20.0. The Kier molecular flexibility index (Phi) is 19.1. The van der Waals surface area contributed by atoms with Crippen LogP contribution in [0.3, 0.4) is 0 Å². The van der Waals surface area contributed by atoms with Gasteiger partial charge in [0.2, 0.25) is 29.5 Å². The number of hydrogen-bond donors (Lipinski definition) is 11. The van der Waals surface area contributed by atoms with Gasteiger partial charge < -0.3 is 58.3 Å². The molecule has 0 aliphatic carbocycles. The first kappa shape index (κ1) is 39.2. The van der Waals surface area contributed by atoms with Gasteiger partial charge in [-0.1, -0.05) is 0 Å². The fourth-order valence-corrected chi connectivity index (χ4v) is 3.55. The van der Waals surface area contributed by atoms with Gasteiger partial charge in [-0.15, -0.1) is 0 Å². The second kappa shape index (κ2) is 20.9. The van der Waals surface area contributed by atoms with Crippen molar-refractivity contribution in [2.24, 2.45) is 16.5 Å². The van der Waals surface area contributed by atoms with Crippen LogP contribution in [0.25, 0.3) is 0 Å². The van der Waals surface area contributed by atoms with Crippen molar-refractivity contribution in [1.82, 2.24) is 31.9 Å². The van der Waals surface area contributed by atoms with E-state index in [0.29, 0.717) is 25.8 Å². The third-order valence-electron chi connectivity index (χ3n) is 5.40. The van der Waals surface area contributed by atoms with E-state index in [1.807, 2.05) is 0 Å². The molecule has 0 unspecified atom stereocenters. The second-order valence-corrected chi connectivity index (χ2v) is 10.3. The average molecular weight is 640 g/mol. The number of amides is 5. The highest BCUT2D eigenvalue weighted by Crippen LogP contribution is 2.35. The van der Waals surface area contributed by atoms with Crippen LogP contribution >= 0.6 is 7.82 Å². The van der Waals surface area contributed by atoms with Crippen LogP contribution in [0.4, 0.5) is 0 Å². The topological polar surface area (TPSA) is 326 Å².